The minimum atomic E-state index is 1.02. The fourth-order valence-corrected chi connectivity index (χ4v) is 7.85. The Balaban J connectivity index is 2.02. The Hall–Kier alpha value is -1.27. The van der Waals surface area contributed by atoms with Gasteiger partial charge >= 0.3 is 0 Å². The molecule has 0 N–H and O–H groups in total. The first-order chi connectivity index (χ1) is 11.8. The maximum Gasteiger partial charge on any atom is 0.0909 e. The van der Waals surface area contributed by atoms with E-state index in [0.29, 0.717) is 0 Å². The Morgan fingerprint density at radius 1 is 0.875 bits per heavy atom. The summed E-state index contributed by atoms with van der Waals surface area (Å²) in [5.41, 5.74) is 2.50. The van der Waals surface area contributed by atoms with Crippen LogP contribution in [0, 0.1) is 0 Å². The first kappa shape index (κ1) is 15.0. The molecule has 0 aliphatic heterocycles. The summed E-state index contributed by atoms with van der Waals surface area (Å²) in [5.74, 6) is 0. The molecule has 1 aromatic carbocycles. The van der Waals surface area contributed by atoms with Gasteiger partial charge in [0.05, 0.1) is 19.8 Å². The SMILES string of the molecule is CCC(CC)=Nc1c2sc3ccsc3c2cc2sc3ccsc3c12. The summed E-state index contributed by atoms with van der Waals surface area (Å²) in [6.07, 6.45) is 2.04. The topological polar surface area (TPSA) is 12.4 Å². The second-order valence-electron chi connectivity index (χ2n) is 5.79. The molecular weight excluding hydrogens is 370 g/mol. The maximum absolute atomic E-state index is 5.17. The van der Waals surface area contributed by atoms with Gasteiger partial charge in [0.15, 0.2) is 0 Å². The molecule has 5 rings (SSSR count). The van der Waals surface area contributed by atoms with Crippen LogP contribution in [0.4, 0.5) is 5.69 Å². The highest BCUT2D eigenvalue weighted by Crippen LogP contribution is 2.50. The van der Waals surface area contributed by atoms with Crippen LogP contribution in [-0.4, -0.2) is 5.71 Å². The van der Waals surface area contributed by atoms with Crippen molar-refractivity contribution in [2.75, 3.05) is 0 Å². The van der Waals surface area contributed by atoms with Gasteiger partial charge in [0.2, 0.25) is 0 Å². The van der Waals surface area contributed by atoms with Gasteiger partial charge in [-0.3, -0.25) is 4.99 Å². The number of hydrogen-bond acceptors (Lipinski definition) is 5. The van der Waals surface area contributed by atoms with Gasteiger partial charge in [-0.25, -0.2) is 0 Å². The lowest BCUT2D eigenvalue weighted by atomic mass is 10.1. The zero-order valence-corrected chi connectivity index (χ0v) is 16.6. The van der Waals surface area contributed by atoms with Crippen LogP contribution in [0.15, 0.2) is 34.0 Å². The third-order valence-electron chi connectivity index (χ3n) is 4.47. The van der Waals surface area contributed by atoms with Crippen molar-refractivity contribution in [3.8, 4) is 0 Å². The molecule has 5 aromatic rings. The Morgan fingerprint density at radius 3 is 2.33 bits per heavy atom. The van der Waals surface area contributed by atoms with Gasteiger partial charge in [-0.2, -0.15) is 0 Å². The number of benzene rings is 1. The number of thiophene rings is 4. The van der Waals surface area contributed by atoms with Gasteiger partial charge in [-0.1, -0.05) is 13.8 Å². The lowest BCUT2D eigenvalue weighted by Crippen LogP contribution is -1.91. The lowest BCUT2D eigenvalue weighted by Gasteiger charge is -2.04. The Labute approximate surface area is 155 Å². The summed E-state index contributed by atoms with van der Waals surface area (Å²) in [6, 6.07) is 6.88. The predicted molar refractivity (Wildman–Crippen MR) is 116 cm³/mol. The number of fused-ring (bicyclic) bond motifs is 6. The van der Waals surface area contributed by atoms with Crippen molar-refractivity contribution in [3.63, 3.8) is 0 Å². The molecule has 0 atom stereocenters. The molecule has 4 heterocycles. The van der Waals surface area contributed by atoms with E-state index in [9.17, 15) is 0 Å². The summed E-state index contributed by atoms with van der Waals surface area (Å²) in [6.45, 7) is 4.42. The molecular formula is C19H15NS4. The molecule has 5 heteroatoms. The van der Waals surface area contributed by atoms with E-state index in [2.05, 4.69) is 42.8 Å². The van der Waals surface area contributed by atoms with Gasteiger partial charge in [-0.05, 0) is 41.8 Å². The van der Waals surface area contributed by atoms with E-state index in [1.165, 1.54) is 50.4 Å². The van der Waals surface area contributed by atoms with Crippen LogP contribution in [0.1, 0.15) is 26.7 Å². The molecule has 0 spiro atoms. The molecule has 0 bridgehead atoms. The molecule has 0 radical (unpaired) electrons. The zero-order chi connectivity index (χ0) is 16.3. The Morgan fingerprint density at radius 2 is 1.58 bits per heavy atom. The van der Waals surface area contributed by atoms with E-state index in [-0.39, 0.29) is 0 Å². The first-order valence-electron chi connectivity index (χ1n) is 8.09. The van der Waals surface area contributed by atoms with E-state index in [4.69, 9.17) is 4.99 Å². The van der Waals surface area contributed by atoms with Crippen molar-refractivity contribution in [1.29, 1.82) is 0 Å². The molecule has 24 heavy (non-hydrogen) atoms. The highest BCUT2D eigenvalue weighted by Gasteiger charge is 2.18. The smallest absolute Gasteiger partial charge is 0.0909 e. The quantitative estimate of drug-likeness (QED) is 0.276. The van der Waals surface area contributed by atoms with Crippen molar-refractivity contribution >= 4 is 95.7 Å². The fraction of sp³-hybridized carbons (Fsp3) is 0.211. The van der Waals surface area contributed by atoms with Gasteiger partial charge in [0.1, 0.15) is 0 Å². The van der Waals surface area contributed by atoms with Crippen LogP contribution in [0.2, 0.25) is 0 Å². The van der Waals surface area contributed by atoms with Crippen molar-refractivity contribution in [3.05, 3.63) is 29.0 Å². The molecule has 0 fully saturated rings. The average molecular weight is 386 g/mol. The molecule has 0 aliphatic rings. The van der Waals surface area contributed by atoms with Crippen molar-refractivity contribution in [1.82, 2.24) is 0 Å². The summed E-state index contributed by atoms with van der Waals surface area (Å²) < 4.78 is 8.33. The minimum absolute atomic E-state index is 1.02. The standard InChI is InChI=1S/C19H15NS4/c1-3-10(4-2)20-16-15-14(23-13-6-8-22-19(13)15)9-11-17-12(5-7-21-17)24-18(11)16/h5-9H,3-4H2,1-2H3. The molecule has 1 nitrogen and oxygen atoms in total. The van der Waals surface area contributed by atoms with E-state index < -0.39 is 0 Å². The van der Waals surface area contributed by atoms with Gasteiger partial charge < -0.3 is 0 Å². The fourth-order valence-electron chi connectivity index (χ4n) is 3.23. The zero-order valence-electron chi connectivity index (χ0n) is 13.4. The number of hydrogen-bond donors (Lipinski definition) is 0. The number of rotatable bonds is 3. The number of aliphatic imine (C=N–C) groups is 1. The van der Waals surface area contributed by atoms with Crippen LogP contribution in [-0.2, 0) is 0 Å². The van der Waals surface area contributed by atoms with E-state index in [0.717, 1.165) is 12.8 Å². The van der Waals surface area contributed by atoms with E-state index >= 15 is 0 Å². The summed E-state index contributed by atoms with van der Waals surface area (Å²) in [7, 11) is 0. The van der Waals surface area contributed by atoms with Crippen molar-refractivity contribution < 1.29 is 0 Å². The predicted octanol–water partition coefficient (Wildman–Crippen LogP) is 8.44. The second kappa shape index (κ2) is 5.63. The molecule has 4 aromatic heterocycles. The van der Waals surface area contributed by atoms with Crippen LogP contribution >= 0.6 is 45.3 Å². The van der Waals surface area contributed by atoms with Crippen LogP contribution in [0.3, 0.4) is 0 Å². The maximum atomic E-state index is 5.17. The minimum Gasteiger partial charge on any atom is -0.256 e. The molecule has 0 amide bonds. The molecule has 0 saturated heterocycles. The second-order valence-corrected chi connectivity index (χ2v) is 9.76. The Kier molecular flexibility index (Phi) is 3.52. The monoisotopic (exact) mass is 385 g/mol. The first-order valence-corrected chi connectivity index (χ1v) is 11.5. The molecule has 120 valence electrons. The van der Waals surface area contributed by atoms with Gasteiger partial charge in [0.25, 0.3) is 0 Å². The number of nitrogens with zero attached hydrogens (tertiary/aromatic N) is 1. The van der Waals surface area contributed by atoms with Crippen molar-refractivity contribution in [2.24, 2.45) is 4.99 Å². The Bertz CT molecular complexity index is 1220. The van der Waals surface area contributed by atoms with Crippen LogP contribution in [0.25, 0.3) is 39.0 Å². The van der Waals surface area contributed by atoms with Crippen LogP contribution < -0.4 is 0 Å². The summed E-state index contributed by atoms with van der Waals surface area (Å²) in [5, 5.41) is 7.15. The van der Waals surface area contributed by atoms with Crippen molar-refractivity contribution in [2.45, 2.75) is 26.7 Å². The van der Waals surface area contributed by atoms with Gasteiger partial charge in [0, 0.05) is 30.6 Å². The van der Waals surface area contributed by atoms with E-state index in [1.807, 2.05) is 45.3 Å². The normalized spacial score (nSPS) is 12.1. The lowest BCUT2D eigenvalue weighted by molar-refractivity contribution is 1.15. The average Bonchev–Trinajstić information content (AvgIpc) is 3.31. The highest BCUT2D eigenvalue weighted by atomic mass is 32.1. The molecule has 0 aliphatic carbocycles. The van der Waals surface area contributed by atoms with E-state index in [1.54, 1.807) is 0 Å². The largest absolute Gasteiger partial charge is 0.256 e. The highest BCUT2D eigenvalue weighted by molar-refractivity contribution is 7.34. The summed E-state index contributed by atoms with van der Waals surface area (Å²) >= 11 is 7.50. The molecule has 0 saturated carbocycles. The van der Waals surface area contributed by atoms with Crippen LogP contribution in [0.5, 0.6) is 0 Å². The van der Waals surface area contributed by atoms with Gasteiger partial charge in [-0.15, -0.1) is 45.3 Å². The summed E-state index contributed by atoms with van der Waals surface area (Å²) in [4.78, 5) is 5.17. The molecule has 0 unspecified atom stereocenters. The third-order valence-corrected chi connectivity index (χ3v) is 8.88. The third kappa shape index (κ3) is 2.05.